The quantitative estimate of drug-likeness (QED) is 0.637. The Kier molecular flexibility index (Phi) is 5.83. The molecular weight excluding hydrogens is 388 g/mol. The summed E-state index contributed by atoms with van der Waals surface area (Å²) in [6.07, 6.45) is 0.127. The third-order valence-electron chi connectivity index (χ3n) is 3.88. The molecule has 0 fully saturated rings. The zero-order valence-corrected chi connectivity index (χ0v) is 16.2. The highest BCUT2D eigenvalue weighted by Gasteiger charge is 2.18. The van der Waals surface area contributed by atoms with Crippen molar-refractivity contribution in [3.8, 4) is 11.5 Å². The fourth-order valence-corrected chi connectivity index (χ4v) is 3.92. The molecule has 0 aliphatic carbocycles. The summed E-state index contributed by atoms with van der Waals surface area (Å²) in [6, 6.07) is 12.5. The minimum Gasteiger partial charge on any atom is -0.497 e. The van der Waals surface area contributed by atoms with Crippen LogP contribution < -0.4 is 20.3 Å². The third-order valence-corrected chi connectivity index (χ3v) is 5.54. The largest absolute Gasteiger partial charge is 0.497 e. The van der Waals surface area contributed by atoms with E-state index in [0.29, 0.717) is 21.4 Å². The van der Waals surface area contributed by atoms with Crippen LogP contribution in [0.2, 0.25) is 5.02 Å². The van der Waals surface area contributed by atoms with Gasteiger partial charge in [0.05, 0.1) is 25.7 Å². The van der Waals surface area contributed by atoms with Crippen LogP contribution in [0.25, 0.3) is 10.1 Å². The Hall–Kier alpha value is -2.77. The van der Waals surface area contributed by atoms with Gasteiger partial charge in [-0.3, -0.25) is 20.4 Å². The lowest BCUT2D eigenvalue weighted by atomic mass is 10.1. The summed E-state index contributed by atoms with van der Waals surface area (Å²) in [7, 11) is 3.15. The number of benzene rings is 2. The highest BCUT2D eigenvalue weighted by Crippen LogP contribution is 2.37. The summed E-state index contributed by atoms with van der Waals surface area (Å²) in [4.78, 5) is 24.7. The molecule has 8 heteroatoms. The predicted octanol–water partition coefficient (Wildman–Crippen LogP) is 3.58. The number of methoxy groups -OCH3 is 2. The minimum atomic E-state index is -0.469. The number of rotatable bonds is 5. The molecule has 2 aromatic carbocycles. The molecule has 0 unspecified atom stereocenters. The molecule has 0 saturated carbocycles. The van der Waals surface area contributed by atoms with Gasteiger partial charge in [-0.2, -0.15) is 0 Å². The maximum atomic E-state index is 12.4. The molecule has 0 bridgehead atoms. The number of hydrogen-bond acceptors (Lipinski definition) is 5. The van der Waals surface area contributed by atoms with Crippen LogP contribution in [0.3, 0.4) is 0 Å². The highest BCUT2D eigenvalue weighted by molar-refractivity contribution is 7.21. The molecule has 6 nitrogen and oxygen atoms in total. The lowest BCUT2D eigenvalue weighted by Crippen LogP contribution is -2.42. The molecule has 1 aromatic heterocycles. The van der Waals surface area contributed by atoms with Crippen LogP contribution in [0.5, 0.6) is 11.5 Å². The maximum absolute atomic E-state index is 12.4. The number of ether oxygens (including phenoxy) is 2. The molecule has 0 spiro atoms. The van der Waals surface area contributed by atoms with Crippen molar-refractivity contribution in [2.24, 2.45) is 0 Å². The average Bonchev–Trinajstić information content (AvgIpc) is 3.02. The van der Waals surface area contributed by atoms with Crippen molar-refractivity contribution in [2.45, 2.75) is 6.42 Å². The molecule has 0 radical (unpaired) electrons. The number of hydrogen-bond donors (Lipinski definition) is 2. The van der Waals surface area contributed by atoms with E-state index in [1.54, 1.807) is 50.6 Å². The second-order valence-electron chi connectivity index (χ2n) is 5.63. The number of halogens is 1. The fourth-order valence-electron chi connectivity index (χ4n) is 2.47. The Morgan fingerprint density at radius 3 is 2.33 bits per heavy atom. The van der Waals surface area contributed by atoms with E-state index in [9.17, 15) is 9.59 Å². The monoisotopic (exact) mass is 404 g/mol. The summed E-state index contributed by atoms with van der Waals surface area (Å²) in [5, 5.41) is 1.11. The molecule has 3 rings (SSSR count). The van der Waals surface area contributed by atoms with E-state index in [1.165, 1.54) is 11.3 Å². The van der Waals surface area contributed by atoms with Gasteiger partial charge in [-0.05, 0) is 35.9 Å². The molecule has 0 saturated heterocycles. The van der Waals surface area contributed by atoms with E-state index in [2.05, 4.69) is 10.9 Å². The van der Waals surface area contributed by atoms with Crippen LogP contribution in [0.1, 0.15) is 15.2 Å². The number of hydrazine groups is 1. The van der Waals surface area contributed by atoms with Crippen molar-refractivity contribution in [1.82, 2.24) is 10.9 Å². The van der Waals surface area contributed by atoms with E-state index in [-0.39, 0.29) is 12.3 Å². The van der Waals surface area contributed by atoms with E-state index in [1.807, 2.05) is 6.07 Å². The Labute approximate surface area is 165 Å². The Morgan fingerprint density at radius 1 is 1.00 bits per heavy atom. The normalized spacial score (nSPS) is 10.5. The first-order chi connectivity index (χ1) is 13.0. The zero-order valence-electron chi connectivity index (χ0n) is 14.7. The van der Waals surface area contributed by atoms with Gasteiger partial charge < -0.3 is 9.47 Å². The summed E-state index contributed by atoms with van der Waals surface area (Å²) in [5.41, 5.74) is 5.61. The van der Waals surface area contributed by atoms with Gasteiger partial charge in [0.25, 0.3) is 5.91 Å². The highest BCUT2D eigenvalue weighted by atomic mass is 35.5. The Morgan fingerprint density at radius 2 is 1.67 bits per heavy atom. The van der Waals surface area contributed by atoms with Crippen molar-refractivity contribution >= 4 is 44.8 Å². The smallest absolute Gasteiger partial charge is 0.281 e. The first-order valence-corrected chi connectivity index (χ1v) is 9.19. The van der Waals surface area contributed by atoms with Gasteiger partial charge in [0, 0.05) is 10.1 Å². The molecule has 2 N–H and O–H groups in total. The van der Waals surface area contributed by atoms with Crippen LogP contribution in [-0.4, -0.2) is 26.0 Å². The predicted molar refractivity (Wildman–Crippen MR) is 106 cm³/mol. The van der Waals surface area contributed by atoms with Gasteiger partial charge in [-0.1, -0.05) is 23.7 Å². The van der Waals surface area contributed by atoms with Gasteiger partial charge in [0.2, 0.25) is 5.91 Å². The zero-order chi connectivity index (χ0) is 19.4. The van der Waals surface area contributed by atoms with E-state index < -0.39 is 5.91 Å². The molecule has 3 aromatic rings. The molecule has 140 valence electrons. The van der Waals surface area contributed by atoms with Gasteiger partial charge in [0.1, 0.15) is 16.4 Å². The third kappa shape index (κ3) is 4.32. The summed E-state index contributed by atoms with van der Waals surface area (Å²) >= 11 is 7.54. The molecule has 0 aliphatic heterocycles. The van der Waals surface area contributed by atoms with Gasteiger partial charge in [-0.15, -0.1) is 11.3 Å². The first-order valence-electron chi connectivity index (χ1n) is 8.00. The van der Waals surface area contributed by atoms with Crippen LogP contribution >= 0.6 is 22.9 Å². The standard InChI is InChI=1S/C19H17ClN2O4S/c1-25-12-5-3-11(4-6-12)9-16(23)21-22-19(24)18-17(20)14-8-7-13(26-2)10-15(14)27-18/h3-8,10H,9H2,1-2H3,(H,21,23)(H,22,24). The molecule has 1 heterocycles. The molecule has 2 amide bonds. The Bertz CT molecular complexity index is 985. The second kappa shape index (κ2) is 8.28. The van der Waals surface area contributed by atoms with Crippen LogP contribution in [-0.2, 0) is 11.2 Å². The molecule has 0 aliphatic rings. The first kappa shape index (κ1) is 19.0. The van der Waals surface area contributed by atoms with Gasteiger partial charge in [0.15, 0.2) is 0 Å². The minimum absolute atomic E-state index is 0.127. The SMILES string of the molecule is COc1ccc(CC(=O)NNC(=O)c2sc3cc(OC)ccc3c2Cl)cc1. The summed E-state index contributed by atoms with van der Waals surface area (Å²) in [6.45, 7) is 0. The average molecular weight is 405 g/mol. The van der Waals surface area contributed by atoms with Crippen molar-refractivity contribution in [1.29, 1.82) is 0 Å². The number of carbonyl (C=O) groups excluding carboxylic acids is 2. The lowest BCUT2D eigenvalue weighted by molar-refractivity contribution is -0.121. The number of thiophene rings is 1. The van der Waals surface area contributed by atoms with E-state index in [4.69, 9.17) is 21.1 Å². The van der Waals surface area contributed by atoms with Crippen molar-refractivity contribution in [3.63, 3.8) is 0 Å². The molecule has 0 atom stereocenters. The molecular formula is C19H17ClN2O4S. The number of nitrogens with one attached hydrogen (secondary N) is 2. The topological polar surface area (TPSA) is 76.7 Å². The van der Waals surface area contributed by atoms with Crippen LogP contribution in [0, 0.1) is 0 Å². The van der Waals surface area contributed by atoms with E-state index in [0.717, 1.165) is 15.6 Å². The second-order valence-corrected chi connectivity index (χ2v) is 7.06. The lowest BCUT2D eigenvalue weighted by Gasteiger charge is -2.07. The number of fused-ring (bicyclic) bond motifs is 1. The summed E-state index contributed by atoms with van der Waals surface area (Å²) < 4.78 is 11.1. The number of carbonyl (C=O) groups is 2. The number of amides is 2. The summed E-state index contributed by atoms with van der Waals surface area (Å²) in [5.74, 6) is 0.583. The van der Waals surface area contributed by atoms with E-state index >= 15 is 0 Å². The van der Waals surface area contributed by atoms with Crippen molar-refractivity contribution in [2.75, 3.05) is 14.2 Å². The van der Waals surface area contributed by atoms with Crippen LogP contribution in [0.4, 0.5) is 0 Å². The maximum Gasteiger partial charge on any atom is 0.281 e. The Balaban J connectivity index is 1.63. The van der Waals surface area contributed by atoms with Gasteiger partial charge >= 0.3 is 0 Å². The van der Waals surface area contributed by atoms with Crippen molar-refractivity contribution in [3.05, 3.63) is 57.9 Å². The molecule has 27 heavy (non-hydrogen) atoms. The van der Waals surface area contributed by atoms with Crippen molar-refractivity contribution < 1.29 is 19.1 Å². The fraction of sp³-hybridized carbons (Fsp3) is 0.158. The van der Waals surface area contributed by atoms with Crippen LogP contribution in [0.15, 0.2) is 42.5 Å². The van der Waals surface area contributed by atoms with Gasteiger partial charge in [-0.25, -0.2) is 0 Å².